The SMILES string of the molecule is Cc1ccc2c(CC(=O)OCc3coc(-c4ccccc4)n3)coc2c1. The van der Waals surface area contributed by atoms with Gasteiger partial charge in [-0.25, -0.2) is 4.98 Å². The summed E-state index contributed by atoms with van der Waals surface area (Å²) < 4.78 is 16.3. The predicted octanol–water partition coefficient (Wildman–Crippen LogP) is 4.68. The number of esters is 1. The minimum Gasteiger partial charge on any atom is -0.464 e. The highest BCUT2D eigenvalue weighted by molar-refractivity contribution is 5.86. The first-order valence-electron chi connectivity index (χ1n) is 8.31. The number of fused-ring (bicyclic) bond motifs is 1. The van der Waals surface area contributed by atoms with Crippen molar-refractivity contribution in [3.05, 3.63) is 77.9 Å². The van der Waals surface area contributed by atoms with Crippen molar-refractivity contribution in [1.29, 1.82) is 0 Å². The van der Waals surface area contributed by atoms with E-state index in [2.05, 4.69) is 4.98 Å². The van der Waals surface area contributed by atoms with Gasteiger partial charge < -0.3 is 13.6 Å². The Bertz CT molecular complexity index is 1050. The van der Waals surface area contributed by atoms with Gasteiger partial charge in [-0.1, -0.05) is 30.3 Å². The van der Waals surface area contributed by atoms with Crippen LogP contribution in [0.15, 0.2) is 69.9 Å². The molecule has 5 nitrogen and oxygen atoms in total. The number of carbonyl (C=O) groups excluding carboxylic acids is 1. The third kappa shape index (κ3) is 3.37. The molecule has 0 aliphatic heterocycles. The molecule has 0 aliphatic rings. The third-order valence-corrected chi connectivity index (χ3v) is 4.10. The molecular formula is C21H17NO4. The second-order valence-electron chi connectivity index (χ2n) is 6.11. The first-order chi connectivity index (χ1) is 12.7. The number of rotatable bonds is 5. The number of benzene rings is 2. The number of carbonyl (C=O) groups is 1. The molecule has 26 heavy (non-hydrogen) atoms. The molecule has 0 amide bonds. The van der Waals surface area contributed by atoms with E-state index < -0.39 is 0 Å². The van der Waals surface area contributed by atoms with Crippen LogP contribution in [0.4, 0.5) is 0 Å². The molecule has 2 aromatic heterocycles. The van der Waals surface area contributed by atoms with Gasteiger partial charge in [-0.05, 0) is 30.7 Å². The van der Waals surface area contributed by atoms with Gasteiger partial charge in [-0.2, -0.15) is 0 Å². The van der Waals surface area contributed by atoms with Crippen LogP contribution in [0.1, 0.15) is 16.8 Å². The molecule has 0 radical (unpaired) electrons. The van der Waals surface area contributed by atoms with Gasteiger partial charge in [0.15, 0.2) is 0 Å². The Morgan fingerprint density at radius 1 is 1.08 bits per heavy atom. The van der Waals surface area contributed by atoms with Gasteiger partial charge in [-0.15, -0.1) is 0 Å². The third-order valence-electron chi connectivity index (χ3n) is 4.10. The number of hydrogen-bond acceptors (Lipinski definition) is 5. The van der Waals surface area contributed by atoms with Crippen LogP contribution in [-0.4, -0.2) is 11.0 Å². The van der Waals surface area contributed by atoms with Gasteiger partial charge in [-0.3, -0.25) is 4.79 Å². The monoisotopic (exact) mass is 347 g/mol. The summed E-state index contributed by atoms with van der Waals surface area (Å²) >= 11 is 0. The smallest absolute Gasteiger partial charge is 0.310 e. The molecule has 0 N–H and O–H groups in total. The molecule has 4 aromatic rings. The van der Waals surface area contributed by atoms with Gasteiger partial charge in [0.25, 0.3) is 0 Å². The zero-order chi connectivity index (χ0) is 17.9. The molecule has 5 heteroatoms. The van der Waals surface area contributed by atoms with Gasteiger partial charge in [0, 0.05) is 16.5 Å². The number of ether oxygens (including phenoxy) is 1. The van der Waals surface area contributed by atoms with Crippen molar-refractivity contribution in [2.45, 2.75) is 20.0 Å². The summed E-state index contributed by atoms with van der Waals surface area (Å²) in [6.07, 6.45) is 3.26. The van der Waals surface area contributed by atoms with E-state index >= 15 is 0 Å². The average Bonchev–Trinajstić information content (AvgIpc) is 3.28. The Morgan fingerprint density at radius 3 is 2.77 bits per heavy atom. The van der Waals surface area contributed by atoms with Gasteiger partial charge in [0.05, 0.1) is 12.7 Å². The Kier molecular flexibility index (Phi) is 4.27. The van der Waals surface area contributed by atoms with Crippen LogP contribution in [0.5, 0.6) is 0 Å². The second kappa shape index (κ2) is 6.88. The number of oxazole rings is 1. The highest BCUT2D eigenvalue weighted by Crippen LogP contribution is 2.23. The van der Waals surface area contributed by atoms with Crippen molar-refractivity contribution in [3.8, 4) is 11.5 Å². The molecule has 0 bridgehead atoms. The molecule has 130 valence electrons. The highest BCUT2D eigenvalue weighted by Gasteiger charge is 2.13. The lowest BCUT2D eigenvalue weighted by Crippen LogP contribution is -2.07. The maximum Gasteiger partial charge on any atom is 0.310 e. The van der Waals surface area contributed by atoms with Crippen molar-refractivity contribution >= 4 is 16.9 Å². The number of furan rings is 1. The van der Waals surface area contributed by atoms with E-state index in [9.17, 15) is 4.79 Å². The van der Waals surface area contributed by atoms with E-state index in [0.29, 0.717) is 11.6 Å². The van der Waals surface area contributed by atoms with Crippen LogP contribution >= 0.6 is 0 Å². The summed E-state index contributed by atoms with van der Waals surface area (Å²) in [6, 6.07) is 15.5. The average molecular weight is 347 g/mol. The summed E-state index contributed by atoms with van der Waals surface area (Å²) in [5, 5.41) is 0.931. The topological polar surface area (TPSA) is 65.5 Å². The maximum absolute atomic E-state index is 12.1. The lowest BCUT2D eigenvalue weighted by atomic mass is 10.1. The molecule has 0 spiro atoms. The normalized spacial score (nSPS) is 11.0. The summed E-state index contributed by atoms with van der Waals surface area (Å²) in [5.74, 6) is 0.172. The van der Waals surface area contributed by atoms with Gasteiger partial charge >= 0.3 is 5.97 Å². The molecule has 2 aromatic carbocycles. The quantitative estimate of drug-likeness (QED) is 0.490. The second-order valence-corrected chi connectivity index (χ2v) is 6.11. The Morgan fingerprint density at radius 2 is 1.92 bits per heavy atom. The molecule has 0 saturated carbocycles. The van der Waals surface area contributed by atoms with Gasteiger partial charge in [0.1, 0.15) is 24.1 Å². The largest absolute Gasteiger partial charge is 0.464 e. The van der Waals surface area contributed by atoms with E-state index in [1.54, 1.807) is 6.26 Å². The van der Waals surface area contributed by atoms with Crippen LogP contribution in [0.2, 0.25) is 0 Å². The first-order valence-corrected chi connectivity index (χ1v) is 8.31. The van der Waals surface area contributed by atoms with Crippen LogP contribution in [0.3, 0.4) is 0 Å². The minimum absolute atomic E-state index is 0.0735. The van der Waals surface area contributed by atoms with Gasteiger partial charge in [0.2, 0.25) is 5.89 Å². The Hall–Kier alpha value is -3.34. The van der Waals surface area contributed by atoms with Crippen molar-refractivity contribution in [2.75, 3.05) is 0 Å². The fourth-order valence-corrected chi connectivity index (χ4v) is 2.77. The number of aryl methyl sites for hydroxylation is 1. The molecule has 0 atom stereocenters. The fourth-order valence-electron chi connectivity index (χ4n) is 2.77. The summed E-state index contributed by atoms with van der Waals surface area (Å²) in [6.45, 7) is 2.07. The van der Waals surface area contributed by atoms with E-state index in [1.807, 2.05) is 55.5 Å². The summed E-state index contributed by atoms with van der Waals surface area (Å²) in [5.41, 5.74) is 4.16. The summed E-state index contributed by atoms with van der Waals surface area (Å²) in [4.78, 5) is 16.5. The molecule has 2 heterocycles. The zero-order valence-electron chi connectivity index (χ0n) is 14.3. The Balaban J connectivity index is 1.39. The lowest BCUT2D eigenvalue weighted by molar-refractivity contribution is -0.144. The van der Waals surface area contributed by atoms with E-state index in [4.69, 9.17) is 13.6 Å². The number of hydrogen-bond donors (Lipinski definition) is 0. The van der Waals surface area contributed by atoms with E-state index in [1.165, 1.54) is 6.26 Å². The predicted molar refractivity (Wildman–Crippen MR) is 96.4 cm³/mol. The van der Waals surface area contributed by atoms with Crippen molar-refractivity contribution < 1.29 is 18.4 Å². The Labute approximate surface area is 150 Å². The molecule has 0 aliphatic carbocycles. The standard InChI is InChI=1S/C21H17NO4/c1-14-7-8-18-16(11-24-19(18)9-14)10-20(23)25-12-17-13-26-21(22-17)15-5-3-2-4-6-15/h2-9,11,13H,10,12H2,1H3. The lowest BCUT2D eigenvalue weighted by Gasteiger charge is -2.01. The first kappa shape index (κ1) is 16.1. The number of nitrogens with zero attached hydrogens (tertiary/aromatic N) is 1. The zero-order valence-corrected chi connectivity index (χ0v) is 14.3. The van der Waals surface area contributed by atoms with E-state index in [0.717, 1.165) is 27.7 Å². The highest BCUT2D eigenvalue weighted by atomic mass is 16.5. The minimum atomic E-state index is -0.336. The fraction of sp³-hybridized carbons (Fsp3) is 0.143. The molecule has 0 saturated heterocycles. The van der Waals surface area contributed by atoms with Crippen LogP contribution < -0.4 is 0 Å². The van der Waals surface area contributed by atoms with Crippen LogP contribution in [0.25, 0.3) is 22.4 Å². The van der Waals surface area contributed by atoms with Crippen molar-refractivity contribution in [1.82, 2.24) is 4.98 Å². The van der Waals surface area contributed by atoms with Crippen LogP contribution in [-0.2, 0) is 22.6 Å². The number of aromatic nitrogens is 1. The molecule has 4 rings (SSSR count). The van der Waals surface area contributed by atoms with Crippen molar-refractivity contribution in [3.63, 3.8) is 0 Å². The van der Waals surface area contributed by atoms with Crippen LogP contribution in [0, 0.1) is 6.92 Å². The molecular weight excluding hydrogens is 330 g/mol. The molecule has 0 fully saturated rings. The molecule has 0 unspecified atom stereocenters. The maximum atomic E-state index is 12.1. The van der Waals surface area contributed by atoms with E-state index in [-0.39, 0.29) is 19.0 Å². The van der Waals surface area contributed by atoms with Crippen molar-refractivity contribution in [2.24, 2.45) is 0 Å². The summed E-state index contributed by atoms with van der Waals surface area (Å²) in [7, 11) is 0.